The number of carbonyl (C=O) groups is 1. The van der Waals surface area contributed by atoms with Crippen molar-refractivity contribution >= 4 is 11.6 Å². The molecule has 4 nitrogen and oxygen atoms in total. The zero-order valence-electron chi connectivity index (χ0n) is 10.6. The Hall–Kier alpha value is -2.09. The first-order valence-corrected chi connectivity index (χ1v) is 6.36. The van der Waals surface area contributed by atoms with Gasteiger partial charge in [-0.3, -0.25) is 4.79 Å². The Kier molecular flexibility index (Phi) is 4.00. The number of nitrogens with two attached hydrogens (primary N) is 1. The minimum Gasteiger partial charge on any atom is -0.368 e. The Morgan fingerprint density at radius 2 is 2.16 bits per heavy atom. The van der Waals surface area contributed by atoms with Crippen LogP contribution in [-0.4, -0.2) is 18.5 Å². The van der Waals surface area contributed by atoms with E-state index in [0.29, 0.717) is 5.69 Å². The van der Waals surface area contributed by atoms with Crippen molar-refractivity contribution in [2.24, 2.45) is 5.73 Å². The Bertz CT molecular complexity index is 518. The molecule has 1 amide bonds. The van der Waals surface area contributed by atoms with Crippen molar-refractivity contribution in [2.75, 3.05) is 11.4 Å². The van der Waals surface area contributed by atoms with E-state index in [-0.39, 0.29) is 18.2 Å². The SMILES string of the molecule is N#Cc1ccc(N(CC(N)=O)C2CCCC2)cc1F. The van der Waals surface area contributed by atoms with Crippen LogP contribution in [0.15, 0.2) is 18.2 Å². The molecule has 100 valence electrons. The lowest BCUT2D eigenvalue weighted by Crippen LogP contribution is -2.40. The fourth-order valence-electron chi connectivity index (χ4n) is 2.59. The number of anilines is 1. The summed E-state index contributed by atoms with van der Waals surface area (Å²) in [7, 11) is 0. The molecule has 2 N–H and O–H groups in total. The summed E-state index contributed by atoms with van der Waals surface area (Å²) >= 11 is 0. The molecule has 5 heteroatoms. The Morgan fingerprint density at radius 1 is 1.47 bits per heavy atom. The van der Waals surface area contributed by atoms with Gasteiger partial charge in [0.2, 0.25) is 5.91 Å². The number of carbonyl (C=O) groups excluding carboxylic acids is 1. The van der Waals surface area contributed by atoms with Gasteiger partial charge in [0.15, 0.2) is 0 Å². The Morgan fingerprint density at radius 3 is 2.68 bits per heavy atom. The van der Waals surface area contributed by atoms with Gasteiger partial charge in [0.1, 0.15) is 11.9 Å². The van der Waals surface area contributed by atoms with Gasteiger partial charge < -0.3 is 10.6 Å². The second kappa shape index (κ2) is 5.70. The highest BCUT2D eigenvalue weighted by atomic mass is 19.1. The second-order valence-electron chi connectivity index (χ2n) is 4.81. The van der Waals surface area contributed by atoms with Crippen LogP contribution >= 0.6 is 0 Å². The molecule has 1 saturated carbocycles. The maximum Gasteiger partial charge on any atom is 0.236 e. The lowest BCUT2D eigenvalue weighted by atomic mass is 10.1. The minimum atomic E-state index is -0.563. The van der Waals surface area contributed by atoms with E-state index < -0.39 is 11.7 Å². The van der Waals surface area contributed by atoms with Gasteiger partial charge in [-0.1, -0.05) is 12.8 Å². The third-order valence-corrected chi connectivity index (χ3v) is 3.50. The maximum atomic E-state index is 13.7. The summed E-state index contributed by atoms with van der Waals surface area (Å²) < 4.78 is 13.7. The highest BCUT2D eigenvalue weighted by Gasteiger charge is 2.24. The van der Waals surface area contributed by atoms with E-state index in [1.54, 1.807) is 12.1 Å². The predicted octanol–water partition coefficient (Wildman–Crippen LogP) is 1.93. The van der Waals surface area contributed by atoms with Crippen LogP contribution in [0, 0.1) is 17.1 Å². The molecule has 1 aliphatic carbocycles. The molecule has 2 rings (SSSR count). The van der Waals surface area contributed by atoms with Crippen LogP contribution < -0.4 is 10.6 Å². The normalized spacial score (nSPS) is 15.2. The predicted molar refractivity (Wildman–Crippen MR) is 69.9 cm³/mol. The van der Waals surface area contributed by atoms with Crippen LogP contribution in [0.2, 0.25) is 0 Å². The van der Waals surface area contributed by atoms with Gasteiger partial charge in [-0.15, -0.1) is 0 Å². The number of halogens is 1. The van der Waals surface area contributed by atoms with E-state index in [1.165, 1.54) is 12.1 Å². The van der Waals surface area contributed by atoms with Gasteiger partial charge in [-0.25, -0.2) is 4.39 Å². The van der Waals surface area contributed by atoms with Gasteiger partial charge in [0, 0.05) is 11.7 Å². The van der Waals surface area contributed by atoms with Gasteiger partial charge in [-0.05, 0) is 31.0 Å². The smallest absolute Gasteiger partial charge is 0.236 e. The Labute approximate surface area is 111 Å². The zero-order valence-corrected chi connectivity index (χ0v) is 10.6. The standard InChI is InChI=1S/C14H16FN3O/c15-13-7-12(6-5-10(13)8-16)18(9-14(17)19)11-3-1-2-4-11/h5-7,11H,1-4,9H2,(H2,17,19). The number of benzene rings is 1. The molecule has 1 aromatic rings. The number of hydrogen-bond acceptors (Lipinski definition) is 3. The zero-order chi connectivity index (χ0) is 13.8. The molecule has 0 heterocycles. The van der Waals surface area contributed by atoms with Crippen molar-refractivity contribution in [3.05, 3.63) is 29.6 Å². The maximum absolute atomic E-state index is 13.7. The summed E-state index contributed by atoms with van der Waals surface area (Å²) in [4.78, 5) is 13.0. The molecule has 0 bridgehead atoms. The monoisotopic (exact) mass is 261 g/mol. The lowest BCUT2D eigenvalue weighted by molar-refractivity contribution is -0.116. The average Bonchev–Trinajstić information content (AvgIpc) is 2.89. The van der Waals surface area contributed by atoms with Gasteiger partial charge in [0.25, 0.3) is 0 Å². The third kappa shape index (κ3) is 3.02. The topological polar surface area (TPSA) is 70.1 Å². The summed E-state index contributed by atoms with van der Waals surface area (Å²) in [5.41, 5.74) is 5.89. The molecule has 0 aliphatic heterocycles. The second-order valence-corrected chi connectivity index (χ2v) is 4.81. The van der Waals surface area contributed by atoms with E-state index in [9.17, 15) is 9.18 Å². The summed E-state index contributed by atoms with van der Waals surface area (Å²) in [6, 6.07) is 6.42. The number of nitriles is 1. The van der Waals surface area contributed by atoms with E-state index in [1.807, 2.05) is 4.90 Å². The highest BCUT2D eigenvalue weighted by molar-refractivity contribution is 5.79. The van der Waals surface area contributed by atoms with Crippen molar-refractivity contribution in [1.82, 2.24) is 0 Å². The van der Waals surface area contributed by atoms with E-state index in [2.05, 4.69) is 0 Å². The average molecular weight is 261 g/mol. The molecular weight excluding hydrogens is 245 g/mol. The number of amides is 1. The summed E-state index contributed by atoms with van der Waals surface area (Å²) in [6.45, 7) is 0.0794. The number of rotatable bonds is 4. The summed E-state index contributed by atoms with van der Waals surface area (Å²) in [5.74, 6) is -0.996. The molecule has 0 atom stereocenters. The van der Waals surface area contributed by atoms with Crippen molar-refractivity contribution in [3.8, 4) is 6.07 Å². The number of nitrogens with zero attached hydrogens (tertiary/aromatic N) is 2. The van der Waals surface area contributed by atoms with Crippen LogP contribution in [-0.2, 0) is 4.79 Å². The first-order valence-electron chi connectivity index (χ1n) is 6.36. The molecule has 0 saturated heterocycles. The lowest BCUT2D eigenvalue weighted by Gasteiger charge is -2.30. The van der Waals surface area contributed by atoms with Crippen molar-refractivity contribution < 1.29 is 9.18 Å². The first-order chi connectivity index (χ1) is 9.11. The van der Waals surface area contributed by atoms with E-state index in [0.717, 1.165) is 25.7 Å². The van der Waals surface area contributed by atoms with E-state index >= 15 is 0 Å². The fourth-order valence-corrected chi connectivity index (χ4v) is 2.59. The van der Waals surface area contributed by atoms with Crippen LogP contribution in [0.5, 0.6) is 0 Å². The highest BCUT2D eigenvalue weighted by Crippen LogP contribution is 2.28. The van der Waals surface area contributed by atoms with Crippen molar-refractivity contribution in [2.45, 2.75) is 31.7 Å². The quantitative estimate of drug-likeness (QED) is 0.900. The van der Waals surface area contributed by atoms with Crippen LogP contribution in [0.3, 0.4) is 0 Å². The van der Waals surface area contributed by atoms with Gasteiger partial charge in [-0.2, -0.15) is 5.26 Å². The van der Waals surface area contributed by atoms with Gasteiger partial charge >= 0.3 is 0 Å². The first kappa shape index (κ1) is 13.3. The number of hydrogen-bond donors (Lipinski definition) is 1. The van der Waals surface area contributed by atoms with Crippen LogP contribution in [0.4, 0.5) is 10.1 Å². The molecule has 0 radical (unpaired) electrons. The molecule has 1 fully saturated rings. The molecule has 19 heavy (non-hydrogen) atoms. The Balaban J connectivity index is 2.29. The van der Waals surface area contributed by atoms with E-state index in [4.69, 9.17) is 11.0 Å². The minimum absolute atomic E-state index is 0.00852. The molecule has 1 aliphatic rings. The van der Waals surface area contributed by atoms with Gasteiger partial charge in [0.05, 0.1) is 12.1 Å². The molecule has 0 aromatic heterocycles. The van der Waals surface area contributed by atoms with Crippen molar-refractivity contribution in [1.29, 1.82) is 5.26 Å². The number of primary amides is 1. The molecule has 0 spiro atoms. The molecule has 1 aromatic carbocycles. The fraction of sp³-hybridized carbons (Fsp3) is 0.429. The molecular formula is C14H16FN3O. The van der Waals surface area contributed by atoms with Crippen LogP contribution in [0.25, 0.3) is 0 Å². The summed E-state index contributed by atoms with van der Waals surface area (Å²) in [5, 5.41) is 8.73. The summed E-state index contributed by atoms with van der Waals surface area (Å²) in [6.07, 6.45) is 4.18. The molecule has 0 unspecified atom stereocenters. The third-order valence-electron chi connectivity index (χ3n) is 3.50. The van der Waals surface area contributed by atoms with Crippen molar-refractivity contribution in [3.63, 3.8) is 0 Å². The van der Waals surface area contributed by atoms with Crippen LogP contribution in [0.1, 0.15) is 31.2 Å². The largest absolute Gasteiger partial charge is 0.368 e.